The number of hydrogen-bond donors (Lipinski definition) is 0. The van der Waals surface area contributed by atoms with Crippen LogP contribution in [0.3, 0.4) is 0 Å². The first kappa shape index (κ1) is 11.5. The molecule has 0 saturated carbocycles. The molecule has 2 rings (SSSR count). The maximum atomic E-state index is 13.7. The highest BCUT2D eigenvalue weighted by Crippen LogP contribution is 2.32. The lowest BCUT2D eigenvalue weighted by Crippen LogP contribution is -2.05. The molecule has 0 heterocycles. The second kappa shape index (κ2) is 4.45. The Labute approximate surface area is 100 Å². The third-order valence-electron chi connectivity index (χ3n) is 2.57. The molecule has 16 heavy (non-hydrogen) atoms. The molecule has 4 heteroatoms. The number of ketones is 1. The summed E-state index contributed by atoms with van der Waals surface area (Å²) in [6.45, 7) is 0. The topological polar surface area (TPSA) is 17.1 Å². The average Bonchev–Trinajstić information content (AvgIpc) is 2.24. The molecule has 0 saturated heterocycles. The van der Waals surface area contributed by atoms with Crippen molar-refractivity contribution in [2.45, 2.75) is 19.3 Å². The Balaban J connectivity index is 2.55. The Kier molecular flexibility index (Phi) is 3.19. The number of benzene rings is 1. The molecule has 1 aromatic carbocycles. The lowest BCUT2D eigenvalue weighted by molar-refractivity contribution is -0.114. The van der Waals surface area contributed by atoms with Gasteiger partial charge in [0.1, 0.15) is 11.6 Å². The van der Waals surface area contributed by atoms with Crippen molar-refractivity contribution in [3.8, 4) is 0 Å². The summed E-state index contributed by atoms with van der Waals surface area (Å²) in [5.74, 6) is -1.33. The van der Waals surface area contributed by atoms with Crippen molar-refractivity contribution in [2.24, 2.45) is 0 Å². The Morgan fingerprint density at radius 1 is 1.19 bits per heavy atom. The Morgan fingerprint density at radius 3 is 2.62 bits per heavy atom. The van der Waals surface area contributed by atoms with Gasteiger partial charge in [-0.1, -0.05) is 0 Å². The van der Waals surface area contributed by atoms with Gasteiger partial charge >= 0.3 is 0 Å². The van der Waals surface area contributed by atoms with E-state index in [1.54, 1.807) is 0 Å². The smallest absolute Gasteiger partial charge is 0.155 e. The summed E-state index contributed by atoms with van der Waals surface area (Å²) >= 11 is 3.01. The van der Waals surface area contributed by atoms with Crippen LogP contribution in [0.2, 0.25) is 0 Å². The quantitative estimate of drug-likeness (QED) is 0.717. The summed E-state index contributed by atoms with van der Waals surface area (Å²) < 4.78 is 27.5. The summed E-state index contributed by atoms with van der Waals surface area (Å²) in [5.41, 5.74) is 0.370. The number of halogens is 3. The van der Waals surface area contributed by atoms with Crippen molar-refractivity contribution in [3.63, 3.8) is 0 Å². The van der Waals surface area contributed by atoms with Gasteiger partial charge in [0.15, 0.2) is 5.78 Å². The van der Waals surface area contributed by atoms with Crippen LogP contribution < -0.4 is 0 Å². The molecule has 1 nitrogen and oxygen atoms in total. The molecule has 0 aromatic heterocycles. The molecular weight excluding hydrogens is 278 g/mol. The van der Waals surface area contributed by atoms with Crippen molar-refractivity contribution in [3.05, 3.63) is 39.9 Å². The van der Waals surface area contributed by atoms with E-state index in [1.165, 1.54) is 18.2 Å². The predicted octanol–water partition coefficient (Wildman–Crippen LogP) is 3.86. The van der Waals surface area contributed by atoms with Crippen molar-refractivity contribution in [1.82, 2.24) is 0 Å². The van der Waals surface area contributed by atoms with Crippen LogP contribution in [0.4, 0.5) is 8.78 Å². The Hall–Kier alpha value is -1.03. The molecule has 84 valence electrons. The van der Waals surface area contributed by atoms with E-state index < -0.39 is 11.6 Å². The Morgan fingerprint density at radius 2 is 1.94 bits per heavy atom. The summed E-state index contributed by atoms with van der Waals surface area (Å²) in [6.07, 6.45) is 2.99. The highest BCUT2D eigenvalue weighted by Gasteiger charge is 2.19. The minimum atomic E-state index is -0.638. The first-order chi connectivity index (χ1) is 7.59. The van der Waals surface area contributed by atoms with E-state index >= 15 is 0 Å². The van der Waals surface area contributed by atoms with Gasteiger partial charge in [-0.3, -0.25) is 4.79 Å². The zero-order valence-corrected chi connectivity index (χ0v) is 9.98. The fourth-order valence-corrected chi connectivity index (χ4v) is 2.14. The normalized spacial score (nSPS) is 16.2. The van der Waals surface area contributed by atoms with Crippen LogP contribution in [0, 0.1) is 11.6 Å². The van der Waals surface area contributed by atoms with Gasteiger partial charge in [-0.05, 0) is 52.6 Å². The minimum Gasteiger partial charge on any atom is -0.295 e. The van der Waals surface area contributed by atoms with E-state index in [1.807, 2.05) is 0 Å². The highest BCUT2D eigenvalue weighted by molar-refractivity contribution is 9.10. The molecule has 0 N–H and O–H groups in total. The molecule has 0 bridgehead atoms. The van der Waals surface area contributed by atoms with Gasteiger partial charge in [0.25, 0.3) is 0 Å². The van der Waals surface area contributed by atoms with Gasteiger partial charge in [-0.25, -0.2) is 8.78 Å². The molecule has 0 unspecified atom stereocenters. The number of carbonyl (C=O) groups is 1. The average molecular weight is 287 g/mol. The highest BCUT2D eigenvalue weighted by atomic mass is 79.9. The van der Waals surface area contributed by atoms with Crippen molar-refractivity contribution >= 4 is 27.3 Å². The van der Waals surface area contributed by atoms with Crippen LogP contribution >= 0.6 is 15.9 Å². The van der Waals surface area contributed by atoms with Crippen LogP contribution in [0.15, 0.2) is 22.7 Å². The summed E-state index contributed by atoms with van der Waals surface area (Å²) in [5, 5.41) is 0. The van der Waals surface area contributed by atoms with E-state index in [2.05, 4.69) is 15.9 Å². The second-order valence-electron chi connectivity index (χ2n) is 3.71. The number of hydrogen-bond acceptors (Lipinski definition) is 1. The number of rotatable bonds is 1. The molecule has 0 amide bonds. The largest absolute Gasteiger partial charge is 0.295 e. The van der Waals surface area contributed by atoms with Crippen LogP contribution in [0.25, 0.3) is 5.57 Å². The van der Waals surface area contributed by atoms with Crippen LogP contribution in [-0.4, -0.2) is 5.78 Å². The van der Waals surface area contributed by atoms with Gasteiger partial charge < -0.3 is 0 Å². The van der Waals surface area contributed by atoms with Crippen molar-refractivity contribution < 1.29 is 13.6 Å². The fourth-order valence-electron chi connectivity index (χ4n) is 1.81. The van der Waals surface area contributed by atoms with Gasteiger partial charge in [0.05, 0.1) is 10.0 Å². The third kappa shape index (κ3) is 2.07. The van der Waals surface area contributed by atoms with Crippen LogP contribution in [-0.2, 0) is 4.79 Å². The van der Waals surface area contributed by atoms with E-state index in [9.17, 15) is 13.6 Å². The molecule has 0 radical (unpaired) electrons. The molecule has 1 aliphatic rings. The molecule has 1 aromatic rings. The maximum Gasteiger partial charge on any atom is 0.155 e. The zero-order valence-electron chi connectivity index (χ0n) is 8.40. The fraction of sp³-hybridized carbons (Fsp3) is 0.250. The van der Waals surface area contributed by atoms with Crippen LogP contribution in [0.5, 0.6) is 0 Å². The lowest BCUT2D eigenvalue weighted by Gasteiger charge is -2.14. The standard InChI is InChI=1S/C12H9BrF2O/c13-9-4-5-10(14)11(12(9)15)7-2-1-3-8(16)6-7/h4-6H,1-3H2. The molecule has 0 fully saturated rings. The summed E-state index contributed by atoms with van der Waals surface area (Å²) in [4.78, 5) is 11.2. The van der Waals surface area contributed by atoms with E-state index in [4.69, 9.17) is 0 Å². The number of carbonyl (C=O) groups excluding carboxylic acids is 1. The van der Waals surface area contributed by atoms with E-state index in [-0.39, 0.29) is 15.8 Å². The molecule has 1 aliphatic carbocycles. The molecule has 0 spiro atoms. The predicted molar refractivity (Wildman–Crippen MR) is 60.9 cm³/mol. The van der Waals surface area contributed by atoms with Crippen molar-refractivity contribution in [1.29, 1.82) is 0 Å². The lowest BCUT2D eigenvalue weighted by atomic mass is 9.92. The Bertz CT molecular complexity index is 480. The second-order valence-corrected chi connectivity index (χ2v) is 4.56. The molecular formula is C12H9BrF2O. The van der Waals surface area contributed by atoms with E-state index in [0.717, 1.165) is 0 Å². The summed E-state index contributed by atoms with van der Waals surface area (Å²) in [6, 6.07) is 2.52. The first-order valence-electron chi connectivity index (χ1n) is 4.97. The molecule has 0 aliphatic heterocycles. The van der Waals surface area contributed by atoms with Gasteiger partial charge in [0, 0.05) is 6.42 Å². The van der Waals surface area contributed by atoms with Crippen molar-refractivity contribution in [2.75, 3.05) is 0 Å². The SMILES string of the molecule is O=C1C=C(c2c(F)ccc(Br)c2F)CCC1. The summed E-state index contributed by atoms with van der Waals surface area (Å²) in [7, 11) is 0. The first-order valence-corrected chi connectivity index (χ1v) is 5.76. The monoisotopic (exact) mass is 286 g/mol. The maximum absolute atomic E-state index is 13.7. The van der Waals surface area contributed by atoms with Gasteiger partial charge in [-0.2, -0.15) is 0 Å². The van der Waals surface area contributed by atoms with Gasteiger partial charge in [-0.15, -0.1) is 0 Å². The van der Waals surface area contributed by atoms with E-state index in [0.29, 0.717) is 24.8 Å². The van der Waals surface area contributed by atoms with Gasteiger partial charge in [0.2, 0.25) is 0 Å². The third-order valence-corrected chi connectivity index (χ3v) is 3.18. The molecule has 0 atom stereocenters. The minimum absolute atomic E-state index is 0.0694. The number of allylic oxidation sites excluding steroid dienone is 2. The van der Waals surface area contributed by atoms with Crippen LogP contribution in [0.1, 0.15) is 24.8 Å². The zero-order chi connectivity index (χ0) is 11.7.